The van der Waals surface area contributed by atoms with E-state index in [1.807, 2.05) is 12.1 Å². The van der Waals surface area contributed by atoms with E-state index in [0.29, 0.717) is 42.9 Å². The van der Waals surface area contributed by atoms with Crippen LogP contribution in [0.1, 0.15) is 130 Å². The number of hydrogen-bond acceptors (Lipinski definition) is 9. The molecule has 0 bridgehead atoms. The number of aryl methyl sites for hydroxylation is 2. The highest BCUT2D eigenvalue weighted by atomic mass is 16.5. The zero-order chi connectivity index (χ0) is 41.8. The van der Waals surface area contributed by atoms with Crippen LogP contribution in [0, 0.1) is 0 Å². The fourth-order valence-corrected chi connectivity index (χ4v) is 7.32. The standard InChI is InChI=1S/C50H72N2O7.CH4/c53-40-46-36-44(26-28-48(46)55)50(57)39-52(30-14-2-4-16-32-59-34-18-12-24-42-21-9-6-10-22-42)38-45-35-43(25-27-47(45)54)49(56)37-51-29-13-1-3-15-31-58-33-17-11-23-41-19-7-5-8-20-41;/h5-10,19-22,25-28,35-36,49-51,53-57H,1-4,11-18,23-24,29-34,37-40H2;1H4. The van der Waals surface area contributed by atoms with Crippen LogP contribution in [0.15, 0.2) is 97.1 Å². The van der Waals surface area contributed by atoms with E-state index in [1.54, 1.807) is 24.3 Å². The molecule has 2 atom stereocenters. The highest BCUT2D eigenvalue weighted by Gasteiger charge is 2.18. The Bertz CT molecular complexity index is 1660. The first-order valence-electron chi connectivity index (χ1n) is 22.2. The summed E-state index contributed by atoms with van der Waals surface area (Å²) < 4.78 is 11.7. The Morgan fingerprint density at radius 2 is 1.02 bits per heavy atom. The SMILES string of the molecule is C.OCc1cc(C(O)CN(CCCCCCOCCCCc2ccccc2)Cc2cc(C(O)CNCCCCCCOCCCCc3ccccc3)ccc2O)ccc1O. The van der Waals surface area contributed by atoms with Gasteiger partial charge in [0.1, 0.15) is 11.5 Å². The van der Waals surface area contributed by atoms with E-state index in [9.17, 15) is 25.5 Å². The largest absolute Gasteiger partial charge is 0.508 e. The quantitative estimate of drug-likeness (QED) is 0.0260. The van der Waals surface area contributed by atoms with Gasteiger partial charge in [-0.25, -0.2) is 0 Å². The van der Waals surface area contributed by atoms with Crippen molar-refractivity contribution in [3.05, 3.63) is 130 Å². The van der Waals surface area contributed by atoms with Crippen molar-refractivity contribution in [1.82, 2.24) is 10.2 Å². The van der Waals surface area contributed by atoms with Crippen LogP contribution in [0.5, 0.6) is 11.5 Å². The summed E-state index contributed by atoms with van der Waals surface area (Å²) in [6.07, 6.45) is 13.3. The number of unbranched alkanes of at least 4 members (excludes halogenated alkanes) is 8. The molecule has 0 aliphatic heterocycles. The minimum atomic E-state index is -0.862. The zero-order valence-corrected chi connectivity index (χ0v) is 35.4. The van der Waals surface area contributed by atoms with Crippen molar-refractivity contribution in [2.75, 3.05) is 52.6 Å². The monoisotopic (exact) mass is 829 g/mol. The molecule has 4 rings (SSSR count). The summed E-state index contributed by atoms with van der Waals surface area (Å²) in [4.78, 5) is 2.12. The highest BCUT2D eigenvalue weighted by Crippen LogP contribution is 2.27. The maximum atomic E-state index is 11.3. The molecular weight excluding hydrogens is 753 g/mol. The Morgan fingerprint density at radius 3 is 1.58 bits per heavy atom. The summed E-state index contributed by atoms with van der Waals surface area (Å²) in [5.74, 6) is 0.144. The number of aliphatic hydroxyl groups excluding tert-OH is 3. The van der Waals surface area contributed by atoms with Gasteiger partial charge in [0.2, 0.25) is 0 Å². The van der Waals surface area contributed by atoms with Crippen molar-refractivity contribution in [2.24, 2.45) is 0 Å². The summed E-state index contributed by atoms with van der Waals surface area (Å²) in [5.41, 5.74) is 5.16. The van der Waals surface area contributed by atoms with Gasteiger partial charge in [0.25, 0.3) is 0 Å². The van der Waals surface area contributed by atoms with Crippen molar-refractivity contribution in [3.8, 4) is 11.5 Å². The summed E-state index contributed by atoms with van der Waals surface area (Å²) in [5, 5.41) is 56.3. The number of rotatable bonds is 33. The Hall–Kier alpha value is -3.80. The second-order valence-corrected chi connectivity index (χ2v) is 15.8. The lowest BCUT2D eigenvalue weighted by Crippen LogP contribution is -2.30. The highest BCUT2D eigenvalue weighted by molar-refractivity contribution is 5.38. The third-order valence-electron chi connectivity index (χ3n) is 10.9. The molecule has 4 aromatic carbocycles. The maximum Gasteiger partial charge on any atom is 0.121 e. The van der Waals surface area contributed by atoms with E-state index in [0.717, 1.165) is 128 Å². The second kappa shape index (κ2) is 31.1. The Balaban J connectivity index is 0.00000961. The van der Waals surface area contributed by atoms with E-state index in [2.05, 4.69) is 64.8 Å². The molecule has 0 saturated heterocycles. The number of hydrogen-bond donors (Lipinski definition) is 6. The number of phenols is 2. The molecule has 9 heteroatoms. The van der Waals surface area contributed by atoms with Gasteiger partial charge in [-0.15, -0.1) is 0 Å². The molecule has 0 fully saturated rings. The molecule has 0 aliphatic carbocycles. The minimum Gasteiger partial charge on any atom is -0.508 e. The number of aromatic hydroxyl groups is 2. The van der Waals surface area contributed by atoms with Crippen LogP contribution in [-0.2, 0) is 35.5 Å². The number of ether oxygens (including phenoxy) is 2. The van der Waals surface area contributed by atoms with Gasteiger partial charge in [0.05, 0.1) is 18.8 Å². The molecule has 0 aromatic heterocycles. The first-order valence-corrected chi connectivity index (χ1v) is 22.2. The minimum absolute atomic E-state index is 0. The van der Waals surface area contributed by atoms with E-state index in [4.69, 9.17) is 9.47 Å². The number of nitrogens with one attached hydrogen (secondary N) is 1. The lowest BCUT2D eigenvalue weighted by molar-refractivity contribution is 0.106. The Labute approximate surface area is 361 Å². The fraction of sp³-hybridized carbons (Fsp3) is 0.529. The zero-order valence-electron chi connectivity index (χ0n) is 35.4. The molecule has 0 heterocycles. The smallest absolute Gasteiger partial charge is 0.121 e. The summed E-state index contributed by atoms with van der Waals surface area (Å²) in [7, 11) is 0. The summed E-state index contributed by atoms with van der Waals surface area (Å²) in [6.45, 7) is 5.50. The first kappa shape index (κ1) is 50.6. The van der Waals surface area contributed by atoms with Crippen molar-refractivity contribution >= 4 is 0 Å². The average Bonchev–Trinajstić information content (AvgIpc) is 3.25. The van der Waals surface area contributed by atoms with Crippen molar-refractivity contribution in [3.63, 3.8) is 0 Å². The third-order valence-corrected chi connectivity index (χ3v) is 10.9. The van der Waals surface area contributed by atoms with Crippen molar-refractivity contribution < 1.29 is 35.0 Å². The van der Waals surface area contributed by atoms with Crippen LogP contribution in [0.3, 0.4) is 0 Å². The van der Waals surface area contributed by atoms with E-state index in [-0.39, 0.29) is 25.5 Å². The summed E-state index contributed by atoms with van der Waals surface area (Å²) in [6, 6.07) is 31.2. The molecule has 6 N–H and O–H groups in total. The van der Waals surface area contributed by atoms with E-state index < -0.39 is 12.2 Å². The van der Waals surface area contributed by atoms with E-state index in [1.165, 1.54) is 17.2 Å². The molecule has 0 saturated carbocycles. The Morgan fingerprint density at radius 1 is 0.533 bits per heavy atom. The molecule has 332 valence electrons. The molecular formula is C51H76N2O7. The lowest BCUT2D eigenvalue weighted by Gasteiger charge is -2.26. The van der Waals surface area contributed by atoms with Crippen molar-refractivity contribution in [2.45, 2.75) is 123 Å². The van der Waals surface area contributed by atoms with Gasteiger partial charge in [-0.2, -0.15) is 0 Å². The van der Waals surface area contributed by atoms with E-state index >= 15 is 0 Å². The van der Waals surface area contributed by atoms with Gasteiger partial charge >= 0.3 is 0 Å². The summed E-state index contributed by atoms with van der Waals surface area (Å²) >= 11 is 0. The average molecular weight is 829 g/mol. The molecule has 0 spiro atoms. The van der Waals surface area contributed by atoms with Crippen LogP contribution in [0.2, 0.25) is 0 Å². The van der Waals surface area contributed by atoms with Crippen molar-refractivity contribution in [1.29, 1.82) is 0 Å². The van der Waals surface area contributed by atoms with Gasteiger partial charge in [-0.1, -0.05) is 106 Å². The van der Waals surface area contributed by atoms with Gasteiger partial charge in [0, 0.05) is 57.2 Å². The van der Waals surface area contributed by atoms with Crippen LogP contribution < -0.4 is 5.32 Å². The second-order valence-electron chi connectivity index (χ2n) is 15.8. The molecule has 0 radical (unpaired) electrons. The number of phenolic OH excluding ortho intramolecular Hbond substituents is 1. The number of aliphatic hydroxyl groups is 3. The molecule has 4 aromatic rings. The molecule has 0 aliphatic rings. The van der Waals surface area contributed by atoms with Gasteiger partial charge in [-0.3, -0.25) is 4.90 Å². The molecule has 9 nitrogen and oxygen atoms in total. The molecule has 0 amide bonds. The number of benzene rings is 4. The predicted octanol–water partition coefficient (Wildman–Crippen LogP) is 9.58. The lowest BCUT2D eigenvalue weighted by atomic mass is 10.0. The predicted molar refractivity (Wildman–Crippen MR) is 244 cm³/mol. The van der Waals surface area contributed by atoms with Gasteiger partial charge < -0.3 is 40.3 Å². The molecule has 2 unspecified atom stereocenters. The maximum absolute atomic E-state index is 11.3. The normalized spacial score (nSPS) is 12.4. The fourth-order valence-electron chi connectivity index (χ4n) is 7.32. The number of nitrogens with zero attached hydrogens (tertiary/aromatic N) is 1. The Kier molecular flexibility index (Phi) is 26.2. The third kappa shape index (κ3) is 20.6. The van der Waals surface area contributed by atoms with Crippen LogP contribution in [0.4, 0.5) is 0 Å². The van der Waals surface area contributed by atoms with Gasteiger partial charge in [-0.05, 0) is 124 Å². The van der Waals surface area contributed by atoms with Crippen LogP contribution in [-0.4, -0.2) is 83.0 Å². The van der Waals surface area contributed by atoms with Crippen LogP contribution >= 0.6 is 0 Å². The van der Waals surface area contributed by atoms with Crippen LogP contribution in [0.25, 0.3) is 0 Å². The van der Waals surface area contributed by atoms with Gasteiger partial charge in [0.15, 0.2) is 0 Å². The molecule has 60 heavy (non-hydrogen) atoms. The first-order chi connectivity index (χ1) is 28.9. The topological polar surface area (TPSA) is 135 Å².